The van der Waals surface area contributed by atoms with E-state index in [1.165, 1.54) is 13.8 Å². The molecule has 6 aromatic heterocycles. The number of fused-ring (bicyclic) bond motifs is 4. The van der Waals surface area contributed by atoms with Crippen LogP contribution in [0, 0.1) is 11.8 Å². The summed E-state index contributed by atoms with van der Waals surface area (Å²) in [4.78, 5) is 107. The molecule has 118 heavy (non-hydrogen) atoms. The highest BCUT2D eigenvalue weighted by molar-refractivity contribution is 6.12. The van der Waals surface area contributed by atoms with Crippen LogP contribution in [-0.2, 0) is 33.1 Å². The highest BCUT2D eigenvalue weighted by Crippen LogP contribution is 2.45. The number of benzene rings is 4. The van der Waals surface area contributed by atoms with Crippen LogP contribution in [0.3, 0.4) is 0 Å². The van der Waals surface area contributed by atoms with E-state index in [2.05, 4.69) is 93.1 Å². The molecule has 26 nitrogen and oxygen atoms in total. The summed E-state index contributed by atoms with van der Waals surface area (Å²) in [6.07, 6.45) is 11.6. The molecule has 6 aliphatic rings. The molecule has 6 N–H and O–H groups in total. The van der Waals surface area contributed by atoms with E-state index in [9.17, 15) is 65.3 Å². The third-order valence-corrected chi connectivity index (χ3v) is 25.1. The summed E-state index contributed by atoms with van der Waals surface area (Å²) >= 11 is 0. The second-order valence-electron chi connectivity index (χ2n) is 33.2. The van der Waals surface area contributed by atoms with Gasteiger partial charge in [0.05, 0.1) is 58.1 Å². The van der Waals surface area contributed by atoms with Gasteiger partial charge in [0.25, 0.3) is 11.8 Å². The van der Waals surface area contributed by atoms with Crippen molar-refractivity contribution in [3.8, 4) is 0 Å². The number of nitrogens with zero attached hydrogens (tertiary/aromatic N) is 14. The van der Waals surface area contributed by atoms with Gasteiger partial charge in [-0.15, -0.1) is 0 Å². The van der Waals surface area contributed by atoms with Crippen LogP contribution >= 0.6 is 0 Å². The predicted molar refractivity (Wildman–Crippen MR) is 434 cm³/mol. The quantitative estimate of drug-likeness (QED) is 0.0364. The fourth-order valence-electron chi connectivity index (χ4n) is 18.4. The molecule has 8 amide bonds. The topological polar surface area (TPSA) is 298 Å². The first-order valence-corrected chi connectivity index (χ1v) is 40.5. The van der Waals surface area contributed by atoms with Crippen molar-refractivity contribution in [1.82, 2.24) is 59.9 Å². The van der Waals surface area contributed by atoms with Crippen LogP contribution in [0.5, 0.6) is 0 Å². The Kier molecular flexibility index (Phi) is 22.2. The number of halogens is 6. The van der Waals surface area contributed by atoms with E-state index in [0.29, 0.717) is 57.1 Å². The first-order valence-electron chi connectivity index (χ1n) is 40.5. The number of nitrogens with one attached hydrogen (secondary N) is 4. The number of carbonyl (C=O) groups is 6. The minimum absolute atomic E-state index is 0.00920. The van der Waals surface area contributed by atoms with Gasteiger partial charge >= 0.3 is 24.4 Å². The number of rotatable bonds is 21. The smallest absolute Gasteiger partial charge is 0.385 e. The third-order valence-electron chi connectivity index (χ3n) is 25.1. The minimum Gasteiger partial charge on any atom is -0.385 e. The van der Waals surface area contributed by atoms with E-state index >= 15 is 0 Å². The molecular formula is C86H94F6N18O8. The van der Waals surface area contributed by atoms with E-state index in [1.54, 1.807) is 52.7 Å². The number of hydrogen-bond acceptors (Lipinski definition) is 18. The number of hydrogen-bond donors (Lipinski definition) is 6. The average Bonchev–Trinajstić information content (AvgIpc) is 1.23. The Labute approximate surface area is 676 Å². The highest BCUT2D eigenvalue weighted by Gasteiger charge is 2.40. The first-order chi connectivity index (χ1) is 56.4. The molecule has 6 fully saturated rings. The number of urea groups is 2. The number of aromatic nitrogens is 8. The van der Waals surface area contributed by atoms with Crippen molar-refractivity contribution >= 4 is 113 Å². The van der Waals surface area contributed by atoms with Gasteiger partial charge in [-0.05, 0) is 196 Å². The lowest BCUT2D eigenvalue weighted by Crippen LogP contribution is -2.49. The molecule has 16 rings (SSSR count). The van der Waals surface area contributed by atoms with Gasteiger partial charge in [0.2, 0.25) is 11.8 Å². The van der Waals surface area contributed by atoms with Gasteiger partial charge in [-0.2, -0.15) is 36.5 Å². The monoisotopic (exact) mass is 1620 g/mol. The SMILES string of the molecule is CN(CC1CCC(n2cc3cc(NC(=O)c4cccc(C(F)(F)F)n4)c(C(C)(O)CCC(C)(O)c4cc5nn([C@H]6CC[C@H](CN(C)C7CCN(c8cccc9c(N%10CCC(=O)NC%10=O)cncc89)CC7)CC6)cc5cc4NC(=O)c4cccc(C(F)(F)F)n4)cc3n2)CC1)C1CCN(c2ccc3c(N4CCC(=O)NC4=O)cncc3c2)CC1. The number of aliphatic hydroxyl groups is 2. The number of anilines is 6. The molecule has 10 heterocycles. The summed E-state index contributed by atoms with van der Waals surface area (Å²) in [5.74, 6) is -1.75. The maximum Gasteiger partial charge on any atom is 0.433 e. The summed E-state index contributed by atoms with van der Waals surface area (Å²) in [6.45, 7) is 8.70. The second-order valence-corrected chi connectivity index (χ2v) is 33.2. The van der Waals surface area contributed by atoms with Crippen LogP contribution in [0.2, 0.25) is 0 Å². The summed E-state index contributed by atoms with van der Waals surface area (Å²) in [7, 11) is 4.39. The van der Waals surface area contributed by atoms with Crippen LogP contribution in [0.15, 0.2) is 134 Å². The molecule has 0 radical (unpaired) electrons. The maximum atomic E-state index is 14.2. The molecule has 2 aliphatic carbocycles. The van der Waals surface area contributed by atoms with E-state index in [0.717, 1.165) is 186 Å². The van der Waals surface area contributed by atoms with E-state index in [4.69, 9.17) is 10.2 Å². The fraction of sp³-hybridized carbons (Fsp3) is 0.442. The van der Waals surface area contributed by atoms with Crippen LogP contribution in [0.4, 0.5) is 70.1 Å². The molecule has 618 valence electrons. The molecule has 32 heteroatoms. The van der Waals surface area contributed by atoms with Crippen LogP contribution in [-0.4, -0.2) is 174 Å². The van der Waals surface area contributed by atoms with Crippen LogP contribution in [0.1, 0.15) is 172 Å². The zero-order chi connectivity index (χ0) is 82.7. The summed E-state index contributed by atoms with van der Waals surface area (Å²) in [5, 5.41) is 51.0. The van der Waals surface area contributed by atoms with Gasteiger partial charge in [0, 0.05) is 168 Å². The summed E-state index contributed by atoms with van der Waals surface area (Å²) in [6, 6.07) is 24.5. The lowest BCUT2D eigenvalue weighted by Gasteiger charge is -2.40. The lowest BCUT2D eigenvalue weighted by atomic mass is 9.82. The lowest BCUT2D eigenvalue weighted by molar-refractivity contribution is -0.142. The number of pyridine rings is 4. The Bertz CT molecular complexity index is 5510. The number of imide groups is 2. The Balaban J connectivity index is 0.590. The highest BCUT2D eigenvalue weighted by atomic mass is 19.4. The molecule has 0 bridgehead atoms. The van der Waals surface area contributed by atoms with Gasteiger partial charge in [0.1, 0.15) is 22.8 Å². The van der Waals surface area contributed by atoms with E-state index < -0.39 is 70.2 Å². The number of carbonyl (C=O) groups excluding carboxylic acids is 6. The van der Waals surface area contributed by atoms with Crippen molar-refractivity contribution in [3.63, 3.8) is 0 Å². The average molecular weight is 1620 g/mol. The summed E-state index contributed by atoms with van der Waals surface area (Å²) in [5.41, 5.74) is -2.89. The standard InChI is InChI=1S/C86H94F6N18O8/c1-83(117,64-41-68-54(39-70(64)97-79(113)66-9-6-12-75(95-66)85(87,88)89)49-109(101-68)58-18-14-51(15-19-58)47-103(3)56-24-32-105(33-25-56)60-22-23-61-53(38-60)43-93-45-73(61)107-36-28-77(111)99-81(107)115)30-31-84(2,118)65-42-69-55(40-71(65)98-80(114)67-10-7-13-76(96-67)86(90,91)92)50-110(102-69)59-20-16-52(17-21-59)48-104(4)57-26-34-106(35-27-57)72-11-5-8-62-63(72)44-94-46-74(62)108-37-29-78(112)100-82(108)116/h5-13,22-23,38-46,49-52,56-59,117-118H,14-21,24-37,47-48H2,1-4H3,(H,97,113)(H,98,114)(H,99,111,115)(H,100,112,116)/t51?,52-,58?,59-,83?,84?. The van der Waals surface area contributed by atoms with Crippen molar-refractivity contribution < 1.29 is 65.3 Å². The van der Waals surface area contributed by atoms with E-state index in [-0.39, 0.29) is 85.2 Å². The molecule has 4 saturated heterocycles. The Morgan fingerprint density at radius 3 is 1.41 bits per heavy atom. The van der Waals surface area contributed by atoms with Gasteiger partial charge in [0.15, 0.2) is 0 Å². The second kappa shape index (κ2) is 32.6. The van der Waals surface area contributed by atoms with Crippen molar-refractivity contribution in [2.75, 3.05) is 96.7 Å². The van der Waals surface area contributed by atoms with Crippen LogP contribution in [0.25, 0.3) is 43.4 Å². The molecule has 4 aliphatic heterocycles. The van der Waals surface area contributed by atoms with Gasteiger partial charge < -0.3 is 40.4 Å². The number of piperidine rings is 2. The normalized spacial score (nSPS) is 20.8. The zero-order valence-electron chi connectivity index (χ0n) is 66.0. The molecule has 4 aromatic carbocycles. The van der Waals surface area contributed by atoms with Crippen molar-refractivity contribution in [1.29, 1.82) is 0 Å². The largest absolute Gasteiger partial charge is 0.433 e. The molecular weight excluding hydrogens is 1530 g/mol. The van der Waals surface area contributed by atoms with Crippen molar-refractivity contribution in [2.45, 2.75) is 164 Å². The zero-order valence-corrected chi connectivity index (χ0v) is 66.0. The van der Waals surface area contributed by atoms with Gasteiger partial charge in [-0.1, -0.05) is 30.3 Å². The molecule has 0 spiro atoms. The Hall–Kier alpha value is -11.2. The fourth-order valence-corrected chi connectivity index (χ4v) is 18.4. The van der Waals surface area contributed by atoms with Gasteiger partial charge in [-0.25, -0.2) is 19.6 Å². The molecule has 2 atom stereocenters. The Morgan fingerprint density at radius 1 is 0.492 bits per heavy atom. The van der Waals surface area contributed by atoms with Crippen LogP contribution < -0.4 is 40.9 Å². The van der Waals surface area contributed by atoms with Crippen molar-refractivity contribution in [3.05, 3.63) is 168 Å². The summed E-state index contributed by atoms with van der Waals surface area (Å²) < 4.78 is 88.0. The molecule has 2 unspecified atom stereocenters. The van der Waals surface area contributed by atoms with Gasteiger partial charge in [-0.3, -0.25) is 58.9 Å². The predicted octanol–water partition coefficient (Wildman–Crippen LogP) is 14.3. The molecule has 2 saturated carbocycles. The minimum atomic E-state index is -4.86. The maximum absolute atomic E-state index is 14.2. The number of amides is 8. The number of alkyl halides is 6. The van der Waals surface area contributed by atoms with Crippen molar-refractivity contribution in [2.24, 2.45) is 11.8 Å². The first kappa shape index (κ1) is 80.6. The molecule has 10 aromatic rings. The third kappa shape index (κ3) is 17.1. The van der Waals surface area contributed by atoms with E-state index in [1.807, 2.05) is 46.2 Å². The Morgan fingerprint density at radius 2 is 0.941 bits per heavy atom.